The van der Waals surface area contributed by atoms with Crippen LogP contribution in [0.1, 0.15) is 6.92 Å². The van der Waals surface area contributed by atoms with Gasteiger partial charge in [-0.2, -0.15) is 3.89 Å². The molecule has 0 rings (SSSR count). The summed E-state index contributed by atoms with van der Waals surface area (Å²) in [6.45, 7) is 1.80. The molecule has 0 spiro atoms. The highest BCUT2D eigenvalue weighted by Crippen LogP contribution is 2.03. The van der Waals surface area contributed by atoms with Crippen molar-refractivity contribution >= 4 is 12.1 Å². The van der Waals surface area contributed by atoms with Crippen molar-refractivity contribution in [1.29, 1.82) is 0 Å². The molecule has 0 saturated heterocycles. The Hall–Kier alpha value is -0.180. The summed E-state index contributed by atoms with van der Waals surface area (Å²) in [6, 6.07) is 0. The molecule has 1 N–H and O–H groups in total. The van der Waals surface area contributed by atoms with Gasteiger partial charge in [0.1, 0.15) is 0 Å². The Labute approximate surface area is 47.3 Å². The van der Waals surface area contributed by atoms with Gasteiger partial charge in [-0.3, -0.25) is 0 Å². The van der Waals surface area contributed by atoms with E-state index in [-0.39, 0.29) is 12.1 Å². The topological polar surface area (TPSA) is 12.0 Å². The van der Waals surface area contributed by atoms with Crippen molar-refractivity contribution in [1.82, 2.24) is 5.32 Å². The molecule has 0 amide bonds. The highest BCUT2D eigenvalue weighted by atomic mass is 32.2. The molecule has 0 bridgehead atoms. The quantitative estimate of drug-likeness (QED) is 0.596. The summed E-state index contributed by atoms with van der Waals surface area (Å²) >= 11 is 0.210. The van der Waals surface area contributed by atoms with Gasteiger partial charge in [0.2, 0.25) is 0 Å². The largest absolute Gasteiger partial charge is 0.391 e. The van der Waals surface area contributed by atoms with Crippen LogP contribution in [0.2, 0.25) is 0 Å². The van der Waals surface area contributed by atoms with Crippen LogP contribution in [-0.4, -0.2) is 7.05 Å². The van der Waals surface area contributed by atoms with Crippen molar-refractivity contribution in [2.75, 3.05) is 7.05 Å². The van der Waals surface area contributed by atoms with Gasteiger partial charge in [-0.25, -0.2) is 0 Å². The summed E-state index contributed by atoms with van der Waals surface area (Å²) in [5.74, 6) is 0. The van der Waals surface area contributed by atoms with E-state index in [0.717, 1.165) is 5.70 Å². The lowest BCUT2D eigenvalue weighted by molar-refractivity contribution is 0.941. The lowest BCUT2D eigenvalue weighted by Gasteiger charge is -1.91. The van der Waals surface area contributed by atoms with E-state index in [9.17, 15) is 3.89 Å². The van der Waals surface area contributed by atoms with Crippen LogP contribution in [0.5, 0.6) is 0 Å². The molecule has 3 heteroatoms. The number of rotatable bonds is 2. The van der Waals surface area contributed by atoms with Crippen molar-refractivity contribution in [2.24, 2.45) is 0 Å². The average Bonchev–Trinajstić information content (AvgIpc) is 1.68. The highest BCUT2D eigenvalue weighted by Gasteiger charge is 1.77. The van der Waals surface area contributed by atoms with E-state index >= 15 is 0 Å². The van der Waals surface area contributed by atoms with Crippen LogP contribution in [0.3, 0.4) is 0 Å². The molecule has 0 heterocycles. The molecule has 0 aliphatic carbocycles. The first-order chi connectivity index (χ1) is 3.31. The number of hydrogen-bond donors (Lipinski definition) is 1. The predicted octanol–water partition coefficient (Wildman–Crippen LogP) is 1.68. The average molecular weight is 121 g/mol. The maximum absolute atomic E-state index is 11.2. The second-order valence-corrected chi connectivity index (χ2v) is 1.55. The van der Waals surface area contributed by atoms with Crippen molar-refractivity contribution in [2.45, 2.75) is 6.92 Å². The molecule has 0 atom stereocenters. The molecule has 0 aromatic rings. The lowest BCUT2D eigenvalue weighted by atomic mass is 10.6. The van der Waals surface area contributed by atoms with Crippen LogP contribution >= 0.6 is 12.1 Å². The third-order valence-electron chi connectivity index (χ3n) is 0.616. The van der Waals surface area contributed by atoms with Crippen LogP contribution in [0, 0.1) is 0 Å². The van der Waals surface area contributed by atoms with E-state index in [1.54, 1.807) is 14.0 Å². The van der Waals surface area contributed by atoms with Gasteiger partial charge in [0.15, 0.2) is 0 Å². The van der Waals surface area contributed by atoms with Gasteiger partial charge in [0, 0.05) is 18.2 Å². The number of nitrogens with one attached hydrogen (secondary N) is 1. The second-order valence-electron chi connectivity index (χ2n) is 1.14. The fraction of sp³-hybridized carbons (Fsp3) is 0.500. The van der Waals surface area contributed by atoms with Crippen LogP contribution in [0.15, 0.2) is 11.1 Å². The molecular formula is C4H8FNS. The van der Waals surface area contributed by atoms with Gasteiger partial charge < -0.3 is 5.32 Å². The fourth-order valence-corrected chi connectivity index (χ4v) is 0.377. The number of hydrogen-bond acceptors (Lipinski definition) is 2. The fourth-order valence-electron chi connectivity index (χ4n) is 0.126. The minimum Gasteiger partial charge on any atom is -0.391 e. The first-order valence-corrected chi connectivity index (χ1v) is 2.71. The second kappa shape index (κ2) is 3.99. The van der Waals surface area contributed by atoms with E-state index < -0.39 is 0 Å². The molecule has 0 radical (unpaired) electrons. The van der Waals surface area contributed by atoms with Crippen LogP contribution in [-0.2, 0) is 0 Å². The smallest absolute Gasteiger partial charge is 0.0750 e. The van der Waals surface area contributed by atoms with E-state index in [1.165, 1.54) is 5.41 Å². The summed E-state index contributed by atoms with van der Waals surface area (Å²) < 4.78 is 11.2. The van der Waals surface area contributed by atoms with Gasteiger partial charge >= 0.3 is 0 Å². The Morgan fingerprint density at radius 2 is 2.43 bits per heavy atom. The minimum atomic E-state index is 0.210. The molecule has 7 heavy (non-hydrogen) atoms. The third-order valence-corrected chi connectivity index (χ3v) is 1.06. The molecule has 0 saturated carbocycles. The maximum Gasteiger partial charge on any atom is 0.0750 e. The van der Waals surface area contributed by atoms with Gasteiger partial charge in [0.25, 0.3) is 0 Å². The van der Waals surface area contributed by atoms with Crippen LogP contribution in [0.4, 0.5) is 3.89 Å². The summed E-state index contributed by atoms with van der Waals surface area (Å²) in [6.07, 6.45) is 0. The molecule has 0 unspecified atom stereocenters. The third kappa shape index (κ3) is 3.66. The Balaban J connectivity index is 3.29. The van der Waals surface area contributed by atoms with Gasteiger partial charge in [-0.1, -0.05) is 0 Å². The predicted molar refractivity (Wildman–Crippen MR) is 31.5 cm³/mol. The van der Waals surface area contributed by atoms with Crippen molar-refractivity contribution < 1.29 is 3.89 Å². The normalized spacial score (nSPS) is 11.6. The van der Waals surface area contributed by atoms with E-state index in [0.29, 0.717) is 0 Å². The molecule has 0 aromatic carbocycles. The first-order valence-electron chi connectivity index (χ1n) is 1.93. The van der Waals surface area contributed by atoms with Crippen molar-refractivity contribution in [3.8, 4) is 0 Å². The van der Waals surface area contributed by atoms with Crippen LogP contribution < -0.4 is 5.32 Å². The zero-order valence-corrected chi connectivity index (χ0v) is 5.18. The van der Waals surface area contributed by atoms with Crippen LogP contribution in [0.25, 0.3) is 0 Å². The summed E-state index contributed by atoms with van der Waals surface area (Å²) in [5, 5.41) is 4.17. The molecule has 42 valence electrons. The van der Waals surface area contributed by atoms with Gasteiger partial charge in [-0.05, 0) is 6.92 Å². The Morgan fingerprint density at radius 3 is 2.57 bits per heavy atom. The number of allylic oxidation sites excluding steroid dienone is 1. The summed E-state index contributed by atoms with van der Waals surface area (Å²) in [4.78, 5) is 0. The molecule has 0 aromatic heterocycles. The van der Waals surface area contributed by atoms with E-state index in [2.05, 4.69) is 5.32 Å². The standard InChI is InChI=1S/C4H8FNS/c1-4(6-2)3-7-5/h3,6H,1-2H3/b4-3-. The van der Waals surface area contributed by atoms with Crippen molar-refractivity contribution in [3.63, 3.8) is 0 Å². The van der Waals surface area contributed by atoms with E-state index in [4.69, 9.17) is 0 Å². The Morgan fingerprint density at radius 1 is 1.86 bits per heavy atom. The summed E-state index contributed by atoms with van der Waals surface area (Å²) in [7, 11) is 1.75. The molecule has 0 aliphatic rings. The maximum atomic E-state index is 11.2. The molecule has 0 aliphatic heterocycles. The van der Waals surface area contributed by atoms with Gasteiger partial charge in [-0.15, -0.1) is 0 Å². The molecular weight excluding hydrogens is 113 g/mol. The lowest BCUT2D eigenvalue weighted by Crippen LogP contribution is -1.99. The summed E-state index contributed by atoms with van der Waals surface area (Å²) in [5.41, 5.74) is 0.840. The first kappa shape index (κ1) is 6.82. The zero-order valence-electron chi connectivity index (χ0n) is 4.36. The SMILES string of the molecule is CN/C(C)=C\SF. The molecule has 1 nitrogen and oxygen atoms in total. The monoisotopic (exact) mass is 121 g/mol. The van der Waals surface area contributed by atoms with Gasteiger partial charge in [0.05, 0.1) is 12.1 Å². The molecule has 0 fully saturated rings. The Kier molecular flexibility index (Phi) is 3.89. The number of halogens is 1. The zero-order chi connectivity index (χ0) is 5.70. The Bertz CT molecular complexity index is 72.1. The minimum absolute atomic E-state index is 0.210. The van der Waals surface area contributed by atoms with E-state index in [1.807, 2.05) is 0 Å². The highest BCUT2D eigenvalue weighted by molar-refractivity contribution is 7.97. The van der Waals surface area contributed by atoms with Crippen molar-refractivity contribution in [3.05, 3.63) is 11.1 Å².